The van der Waals surface area contributed by atoms with Gasteiger partial charge in [0.25, 0.3) is 10.0 Å². The van der Waals surface area contributed by atoms with Crippen LogP contribution in [0.2, 0.25) is 0 Å². The lowest BCUT2D eigenvalue weighted by Crippen LogP contribution is -2.52. The molecule has 0 aliphatic heterocycles. The van der Waals surface area contributed by atoms with Gasteiger partial charge in [-0.3, -0.25) is 13.9 Å². The number of sulfonamides is 1. The van der Waals surface area contributed by atoms with E-state index < -0.39 is 28.5 Å². The van der Waals surface area contributed by atoms with Gasteiger partial charge in [0.05, 0.1) is 17.2 Å². The summed E-state index contributed by atoms with van der Waals surface area (Å²) in [5.41, 5.74) is 2.19. The van der Waals surface area contributed by atoms with Gasteiger partial charge in [0.2, 0.25) is 11.8 Å². The fourth-order valence-corrected chi connectivity index (χ4v) is 6.80. The minimum atomic E-state index is -4.15. The fraction of sp³-hybridized carbons (Fsp3) is 0.375. The van der Waals surface area contributed by atoms with Crippen LogP contribution >= 0.6 is 15.9 Å². The number of nitrogens with zero attached hydrogens (tertiary/aromatic N) is 2. The smallest absolute Gasteiger partial charge is 0.264 e. The molecule has 1 N–H and O–H groups in total. The van der Waals surface area contributed by atoms with Crippen LogP contribution < -0.4 is 14.4 Å². The Kier molecular flexibility index (Phi) is 10.7. The third kappa shape index (κ3) is 7.92. The van der Waals surface area contributed by atoms with E-state index in [9.17, 15) is 18.0 Å². The fourth-order valence-electron chi connectivity index (χ4n) is 5.12. The van der Waals surface area contributed by atoms with Crippen molar-refractivity contribution in [3.63, 3.8) is 0 Å². The molecule has 0 radical (unpaired) electrons. The van der Waals surface area contributed by atoms with E-state index in [-0.39, 0.29) is 23.4 Å². The minimum Gasteiger partial charge on any atom is -0.494 e. The Balaban J connectivity index is 1.69. The molecule has 0 spiro atoms. The molecule has 8 nitrogen and oxygen atoms in total. The highest BCUT2D eigenvalue weighted by Crippen LogP contribution is 2.28. The molecule has 3 aromatic rings. The second-order valence-electron chi connectivity index (χ2n) is 10.6. The summed E-state index contributed by atoms with van der Waals surface area (Å²) >= 11 is 3.35. The second kappa shape index (κ2) is 14.2. The lowest BCUT2D eigenvalue weighted by Gasteiger charge is -2.32. The molecule has 42 heavy (non-hydrogen) atoms. The molecule has 0 bridgehead atoms. The molecule has 1 atom stereocenters. The maximum atomic E-state index is 14.1. The van der Waals surface area contributed by atoms with Gasteiger partial charge in [0.15, 0.2) is 0 Å². The van der Waals surface area contributed by atoms with Crippen LogP contribution in [0.1, 0.15) is 50.7 Å². The predicted molar refractivity (Wildman–Crippen MR) is 168 cm³/mol. The molecule has 0 heterocycles. The van der Waals surface area contributed by atoms with Gasteiger partial charge in [-0.05, 0) is 87.7 Å². The zero-order valence-corrected chi connectivity index (χ0v) is 26.7. The normalized spacial score (nSPS) is 14.3. The number of hydrogen-bond donors (Lipinski definition) is 1. The first-order valence-electron chi connectivity index (χ1n) is 14.2. The van der Waals surface area contributed by atoms with Gasteiger partial charge in [0, 0.05) is 17.1 Å². The molecular weight excluding hydrogens is 618 g/mol. The van der Waals surface area contributed by atoms with Crippen molar-refractivity contribution in [2.45, 2.75) is 70.0 Å². The number of carbonyl (C=O) groups is 2. The van der Waals surface area contributed by atoms with Crippen LogP contribution in [-0.4, -0.2) is 50.4 Å². The van der Waals surface area contributed by atoms with E-state index in [0.29, 0.717) is 18.0 Å². The van der Waals surface area contributed by atoms with Crippen molar-refractivity contribution in [1.29, 1.82) is 0 Å². The number of aryl methyl sites for hydroxylation is 1. The summed E-state index contributed by atoms with van der Waals surface area (Å²) < 4.78 is 35.3. The number of hydrogen-bond acceptors (Lipinski definition) is 5. The monoisotopic (exact) mass is 655 g/mol. The number of carbonyl (C=O) groups excluding carboxylic acids is 2. The van der Waals surface area contributed by atoms with Gasteiger partial charge in [-0.25, -0.2) is 8.42 Å². The Morgan fingerprint density at radius 1 is 1.02 bits per heavy atom. The summed E-state index contributed by atoms with van der Waals surface area (Å²) in [6, 6.07) is 19.9. The summed E-state index contributed by atoms with van der Waals surface area (Å²) in [5.74, 6) is -0.140. The van der Waals surface area contributed by atoms with Crippen molar-refractivity contribution in [2.75, 3.05) is 17.5 Å². The zero-order chi connectivity index (χ0) is 30.3. The summed E-state index contributed by atoms with van der Waals surface area (Å²) in [6.45, 7) is 5.67. The Bertz CT molecular complexity index is 1470. The average Bonchev–Trinajstić information content (AvgIpc) is 3.48. The molecule has 10 heteroatoms. The Morgan fingerprint density at radius 2 is 1.69 bits per heavy atom. The number of rotatable bonds is 12. The lowest BCUT2D eigenvalue weighted by atomic mass is 10.1. The zero-order valence-electron chi connectivity index (χ0n) is 24.3. The van der Waals surface area contributed by atoms with Crippen LogP contribution in [-0.2, 0) is 26.2 Å². The third-order valence-corrected chi connectivity index (χ3v) is 9.74. The molecule has 0 unspecified atom stereocenters. The molecule has 4 rings (SSSR count). The molecule has 1 aliphatic carbocycles. The molecule has 0 saturated heterocycles. The van der Waals surface area contributed by atoms with Gasteiger partial charge in [0.1, 0.15) is 18.3 Å². The molecular formula is C32H38BrN3O5S. The van der Waals surface area contributed by atoms with Crippen LogP contribution in [0.15, 0.2) is 82.2 Å². The van der Waals surface area contributed by atoms with Crippen molar-refractivity contribution in [1.82, 2.24) is 10.2 Å². The van der Waals surface area contributed by atoms with Crippen molar-refractivity contribution >= 4 is 43.5 Å². The molecule has 0 aromatic heterocycles. The first-order chi connectivity index (χ1) is 20.1. The van der Waals surface area contributed by atoms with E-state index in [1.807, 2.05) is 38.1 Å². The number of benzene rings is 3. The van der Waals surface area contributed by atoms with Gasteiger partial charge in [-0.2, -0.15) is 0 Å². The second-order valence-corrected chi connectivity index (χ2v) is 13.3. The van der Waals surface area contributed by atoms with E-state index in [2.05, 4.69) is 21.2 Å². The van der Waals surface area contributed by atoms with Crippen LogP contribution in [0.3, 0.4) is 0 Å². The van der Waals surface area contributed by atoms with Crippen LogP contribution in [0, 0.1) is 6.92 Å². The number of nitrogens with one attached hydrogen (secondary N) is 1. The van der Waals surface area contributed by atoms with Crippen molar-refractivity contribution in [3.8, 4) is 5.75 Å². The minimum absolute atomic E-state index is 0.0460. The number of amides is 2. The van der Waals surface area contributed by atoms with Crippen LogP contribution in [0.5, 0.6) is 5.75 Å². The Hall–Kier alpha value is -3.37. The van der Waals surface area contributed by atoms with E-state index >= 15 is 0 Å². The standard InChI is InChI=1S/C32H38BrN3O5S/c1-4-41-29-16-14-28(15-17-29)36(42(39,40)30-18-12-26(33)13-19-30)22-31(37)35(21-25-9-7-8-23(2)20-25)24(3)32(38)34-27-10-5-6-11-27/h7-9,12-20,24,27H,4-6,10-11,21-22H2,1-3H3,(H,34,38)/t24-/m0/s1. The predicted octanol–water partition coefficient (Wildman–Crippen LogP) is 5.83. The number of ether oxygens (including phenoxy) is 1. The summed E-state index contributed by atoms with van der Waals surface area (Å²) in [7, 11) is -4.15. The SMILES string of the molecule is CCOc1ccc(N(CC(=O)N(Cc2cccc(C)c2)[C@@H](C)C(=O)NC2CCCC2)S(=O)(=O)c2ccc(Br)cc2)cc1. The molecule has 1 fully saturated rings. The number of anilines is 1. The molecule has 224 valence electrons. The van der Waals surface area contributed by atoms with E-state index in [4.69, 9.17) is 4.74 Å². The molecule has 2 amide bonds. The largest absolute Gasteiger partial charge is 0.494 e. The maximum absolute atomic E-state index is 14.1. The van der Waals surface area contributed by atoms with Gasteiger partial charge >= 0.3 is 0 Å². The topological polar surface area (TPSA) is 96.0 Å². The van der Waals surface area contributed by atoms with Crippen molar-refractivity contribution in [2.24, 2.45) is 0 Å². The Morgan fingerprint density at radius 3 is 2.31 bits per heavy atom. The quantitative estimate of drug-likeness (QED) is 0.265. The lowest BCUT2D eigenvalue weighted by molar-refractivity contribution is -0.139. The van der Waals surface area contributed by atoms with Gasteiger partial charge in [-0.1, -0.05) is 58.6 Å². The summed E-state index contributed by atoms with van der Waals surface area (Å²) in [6.07, 6.45) is 3.97. The van der Waals surface area contributed by atoms with E-state index in [1.54, 1.807) is 43.3 Å². The molecule has 1 aliphatic rings. The molecule has 1 saturated carbocycles. The van der Waals surface area contributed by atoms with Crippen LogP contribution in [0.25, 0.3) is 0 Å². The maximum Gasteiger partial charge on any atom is 0.264 e. The van der Waals surface area contributed by atoms with E-state index in [1.165, 1.54) is 17.0 Å². The highest BCUT2D eigenvalue weighted by Gasteiger charge is 2.33. The first kappa shape index (κ1) is 31.6. The van der Waals surface area contributed by atoms with Gasteiger partial charge in [-0.15, -0.1) is 0 Å². The first-order valence-corrected chi connectivity index (χ1v) is 16.5. The highest BCUT2D eigenvalue weighted by molar-refractivity contribution is 9.10. The van der Waals surface area contributed by atoms with Crippen LogP contribution in [0.4, 0.5) is 5.69 Å². The molecule has 3 aromatic carbocycles. The summed E-state index contributed by atoms with van der Waals surface area (Å²) in [5, 5.41) is 3.09. The third-order valence-electron chi connectivity index (χ3n) is 7.42. The van der Waals surface area contributed by atoms with Crippen molar-refractivity contribution in [3.05, 3.63) is 88.4 Å². The Labute approximate surface area is 257 Å². The van der Waals surface area contributed by atoms with Crippen molar-refractivity contribution < 1.29 is 22.7 Å². The van der Waals surface area contributed by atoms with E-state index in [0.717, 1.165) is 45.6 Å². The van der Waals surface area contributed by atoms with Gasteiger partial charge < -0.3 is 15.0 Å². The highest BCUT2D eigenvalue weighted by atomic mass is 79.9. The average molecular weight is 657 g/mol. The summed E-state index contributed by atoms with van der Waals surface area (Å²) in [4.78, 5) is 29.0. The number of halogens is 1.